The van der Waals surface area contributed by atoms with Crippen LogP contribution < -0.4 is 4.90 Å². The maximum atomic E-state index is 12.5. The molecule has 3 heterocycles. The van der Waals surface area contributed by atoms with Gasteiger partial charge in [-0.05, 0) is 54.5 Å². The number of benzene rings is 1. The van der Waals surface area contributed by atoms with Gasteiger partial charge in [0.15, 0.2) is 5.13 Å². The second kappa shape index (κ2) is 9.03. The molecule has 0 N–H and O–H groups in total. The Morgan fingerprint density at radius 2 is 2.03 bits per heavy atom. The zero-order valence-corrected chi connectivity index (χ0v) is 19.3. The van der Waals surface area contributed by atoms with Gasteiger partial charge >= 0.3 is 0 Å². The number of anilines is 2. The van der Waals surface area contributed by atoms with Gasteiger partial charge in [-0.3, -0.25) is 9.69 Å². The highest BCUT2D eigenvalue weighted by molar-refractivity contribution is 7.98. The summed E-state index contributed by atoms with van der Waals surface area (Å²) in [6, 6.07) is 7.89. The monoisotopic (exact) mass is 454 g/mol. The van der Waals surface area contributed by atoms with Crippen LogP contribution in [0.2, 0.25) is 0 Å². The standard InChI is InChI=1S/C21H22N6O2S2/c1-13-8-14(2)19(15(3)9-13)27(16(4)28)20-22-17(11-30-20)12-31-21-23-24-25-26(21)10-18-6-5-7-29-18/h5-9,11H,10,12H2,1-4H3. The van der Waals surface area contributed by atoms with Crippen LogP contribution in [-0.2, 0) is 17.1 Å². The first-order valence-electron chi connectivity index (χ1n) is 9.66. The van der Waals surface area contributed by atoms with Gasteiger partial charge in [0.2, 0.25) is 11.1 Å². The van der Waals surface area contributed by atoms with Crippen molar-refractivity contribution >= 4 is 39.8 Å². The number of nitrogens with zero attached hydrogens (tertiary/aromatic N) is 6. The van der Waals surface area contributed by atoms with Gasteiger partial charge < -0.3 is 4.42 Å². The number of aryl methyl sites for hydroxylation is 3. The van der Waals surface area contributed by atoms with Crippen LogP contribution in [0.1, 0.15) is 35.1 Å². The minimum atomic E-state index is -0.0639. The highest BCUT2D eigenvalue weighted by Crippen LogP contribution is 2.35. The van der Waals surface area contributed by atoms with Gasteiger partial charge in [0, 0.05) is 18.1 Å². The molecule has 0 spiro atoms. The Labute approximate surface area is 188 Å². The minimum absolute atomic E-state index is 0.0639. The van der Waals surface area contributed by atoms with E-state index in [2.05, 4.69) is 34.6 Å². The zero-order chi connectivity index (χ0) is 22.0. The first kappa shape index (κ1) is 21.3. The summed E-state index contributed by atoms with van der Waals surface area (Å²) in [5.41, 5.74) is 5.04. The fraction of sp³-hybridized carbons (Fsp3) is 0.286. The van der Waals surface area contributed by atoms with Crippen molar-refractivity contribution in [2.24, 2.45) is 0 Å². The number of hydrogen-bond donors (Lipinski definition) is 0. The lowest BCUT2D eigenvalue weighted by atomic mass is 10.0. The van der Waals surface area contributed by atoms with Crippen LogP contribution in [0, 0.1) is 20.8 Å². The van der Waals surface area contributed by atoms with E-state index in [4.69, 9.17) is 9.40 Å². The quantitative estimate of drug-likeness (QED) is 0.375. The molecule has 0 bridgehead atoms. The van der Waals surface area contributed by atoms with Crippen molar-refractivity contribution in [2.75, 3.05) is 4.90 Å². The normalized spacial score (nSPS) is 11.1. The van der Waals surface area contributed by atoms with E-state index < -0.39 is 0 Å². The second-order valence-electron chi connectivity index (χ2n) is 7.21. The third-order valence-corrected chi connectivity index (χ3v) is 6.50. The van der Waals surface area contributed by atoms with Crippen molar-refractivity contribution in [2.45, 2.75) is 45.1 Å². The molecule has 1 amide bonds. The topological polar surface area (TPSA) is 89.9 Å². The summed E-state index contributed by atoms with van der Waals surface area (Å²) in [5.74, 6) is 1.31. The molecule has 0 aliphatic heterocycles. The van der Waals surface area contributed by atoms with E-state index in [1.807, 2.05) is 31.4 Å². The summed E-state index contributed by atoms with van der Waals surface area (Å²) >= 11 is 2.95. The molecule has 0 aliphatic rings. The molecule has 8 nitrogen and oxygen atoms in total. The number of rotatable bonds is 7. The fourth-order valence-corrected chi connectivity index (χ4v) is 5.21. The number of tetrazole rings is 1. The maximum Gasteiger partial charge on any atom is 0.230 e. The van der Waals surface area contributed by atoms with Crippen LogP contribution in [0.15, 0.2) is 45.5 Å². The van der Waals surface area contributed by atoms with Crippen LogP contribution in [0.5, 0.6) is 0 Å². The Bertz CT molecular complexity index is 1180. The zero-order valence-electron chi connectivity index (χ0n) is 17.7. The molecule has 0 unspecified atom stereocenters. The van der Waals surface area contributed by atoms with Crippen molar-refractivity contribution in [3.63, 3.8) is 0 Å². The van der Waals surface area contributed by atoms with E-state index in [1.165, 1.54) is 28.7 Å². The molecule has 0 saturated heterocycles. The van der Waals surface area contributed by atoms with Gasteiger partial charge in [-0.15, -0.1) is 16.4 Å². The molecule has 4 aromatic rings. The summed E-state index contributed by atoms with van der Waals surface area (Å²) in [7, 11) is 0. The molecular formula is C21H22N6O2S2. The highest BCUT2D eigenvalue weighted by atomic mass is 32.2. The molecule has 0 radical (unpaired) electrons. The predicted octanol–water partition coefficient (Wildman–Crippen LogP) is 4.67. The van der Waals surface area contributed by atoms with Crippen LogP contribution in [0.25, 0.3) is 0 Å². The van der Waals surface area contributed by atoms with Crippen molar-refractivity contribution < 1.29 is 9.21 Å². The summed E-state index contributed by atoms with van der Waals surface area (Å²) in [6.07, 6.45) is 1.63. The Morgan fingerprint density at radius 1 is 1.26 bits per heavy atom. The van der Waals surface area contributed by atoms with E-state index in [1.54, 1.807) is 22.8 Å². The first-order valence-corrected chi connectivity index (χ1v) is 11.5. The second-order valence-corrected chi connectivity index (χ2v) is 8.99. The Morgan fingerprint density at radius 3 is 2.71 bits per heavy atom. The van der Waals surface area contributed by atoms with Gasteiger partial charge in [0.05, 0.1) is 17.6 Å². The number of aromatic nitrogens is 5. The van der Waals surface area contributed by atoms with Crippen LogP contribution in [-0.4, -0.2) is 31.1 Å². The van der Waals surface area contributed by atoms with Crippen LogP contribution in [0.3, 0.4) is 0 Å². The number of thiazole rings is 1. The molecule has 160 valence electrons. The average molecular weight is 455 g/mol. The largest absolute Gasteiger partial charge is 0.467 e. The lowest BCUT2D eigenvalue weighted by Crippen LogP contribution is -2.24. The number of furan rings is 1. The van der Waals surface area contributed by atoms with E-state index in [-0.39, 0.29) is 5.91 Å². The molecule has 31 heavy (non-hydrogen) atoms. The van der Waals surface area contributed by atoms with Crippen molar-refractivity contribution in [3.05, 3.63) is 64.1 Å². The molecule has 3 aromatic heterocycles. The smallest absolute Gasteiger partial charge is 0.230 e. The number of hydrogen-bond acceptors (Lipinski definition) is 8. The van der Waals surface area contributed by atoms with Crippen molar-refractivity contribution in [1.29, 1.82) is 0 Å². The van der Waals surface area contributed by atoms with E-state index >= 15 is 0 Å². The molecule has 4 rings (SSSR count). The lowest BCUT2D eigenvalue weighted by molar-refractivity contribution is -0.115. The third-order valence-electron chi connectivity index (χ3n) is 4.64. The van der Waals surface area contributed by atoms with Gasteiger partial charge in [0.1, 0.15) is 12.3 Å². The van der Waals surface area contributed by atoms with Gasteiger partial charge in [0.25, 0.3) is 0 Å². The molecule has 1 aromatic carbocycles. The molecule has 0 fully saturated rings. The van der Waals surface area contributed by atoms with E-state index in [9.17, 15) is 4.79 Å². The molecular weight excluding hydrogens is 432 g/mol. The van der Waals surface area contributed by atoms with E-state index in [0.717, 1.165) is 28.3 Å². The Balaban J connectivity index is 1.52. The number of carbonyl (C=O) groups is 1. The molecule has 10 heteroatoms. The van der Waals surface area contributed by atoms with Gasteiger partial charge in [-0.1, -0.05) is 29.5 Å². The molecule has 0 aliphatic carbocycles. The first-order chi connectivity index (χ1) is 14.9. The fourth-order valence-electron chi connectivity index (χ4n) is 3.47. The Hall–Kier alpha value is -2.98. The van der Waals surface area contributed by atoms with Gasteiger partial charge in [-0.25, -0.2) is 9.67 Å². The van der Waals surface area contributed by atoms with Crippen LogP contribution >= 0.6 is 23.1 Å². The van der Waals surface area contributed by atoms with Crippen molar-refractivity contribution in [3.8, 4) is 0 Å². The highest BCUT2D eigenvalue weighted by Gasteiger charge is 2.22. The molecule has 0 saturated carbocycles. The lowest BCUT2D eigenvalue weighted by Gasteiger charge is -2.23. The third kappa shape index (κ3) is 4.70. The molecule has 0 atom stereocenters. The number of carbonyl (C=O) groups excluding carboxylic acids is 1. The minimum Gasteiger partial charge on any atom is -0.467 e. The predicted molar refractivity (Wildman–Crippen MR) is 121 cm³/mol. The average Bonchev–Trinajstić information content (AvgIpc) is 3.45. The SMILES string of the molecule is CC(=O)N(c1nc(CSc2nnnn2Cc2ccco2)cs1)c1c(C)cc(C)cc1C. The van der Waals surface area contributed by atoms with Crippen molar-refractivity contribution in [1.82, 2.24) is 25.2 Å². The van der Waals surface area contributed by atoms with E-state index in [0.29, 0.717) is 22.6 Å². The summed E-state index contributed by atoms with van der Waals surface area (Å²) in [6.45, 7) is 8.13. The number of thioether (sulfide) groups is 1. The summed E-state index contributed by atoms with van der Waals surface area (Å²) < 4.78 is 7.06. The summed E-state index contributed by atoms with van der Waals surface area (Å²) in [4.78, 5) is 19.0. The number of amides is 1. The van der Waals surface area contributed by atoms with Gasteiger partial charge in [-0.2, -0.15) is 0 Å². The maximum absolute atomic E-state index is 12.5. The van der Waals surface area contributed by atoms with Crippen LogP contribution in [0.4, 0.5) is 10.8 Å². The summed E-state index contributed by atoms with van der Waals surface area (Å²) in [5, 5.41) is 15.2. The Kier molecular flexibility index (Phi) is 6.19.